The van der Waals surface area contributed by atoms with E-state index in [1.807, 2.05) is 13.8 Å². The molecule has 0 radical (unpaired) electrons. The van der Waals surface area contributed by atoms with Crippen LogP contribution in [0.2, 0.25) is 0 Å². The molecule has 0 aliphatic rings. The molecule has 0 saturated carbocycles. The summed E-state index contributed by atoms with van der Waals surface area (Å²) in [5.41, 5.74) is 6.78. The average Bonchev–Trinajstić information content (AvgIpc) is 2.30. The van der Waals surface area contributed by atoms with Crippen molar-refractivity contribution in [1.29, 1.82) is 0 Å². The van der Waals surface area contributed by atoms with Gasteiger partial charge in [0.25, 0.3) is 0 Å². The number of anilines is 1. The van der Waals surface area contributed by atoms with Crippen molar-refractivity contribution in [2.75, 3.05) is 11.9 Å². The molecule has 17 heavy (non-hydrogen) atoms. The van der Waals surface area contributed by atoms with Gasteiger partial charge in [0.15, 0.2) is 0 Å². The van der Waals surface area contributed by atoms with E-state index in [9.17, 15) is 9.18 Å². The fourth-order valence-electron chi connectivity index (χ4n) is 1.54. The smallest absolute Gasteiger partial charge is 0.227 e. The zero-order valence-electron chi connectivity index (χ0n) is 10.3. The van der Waals surface area contributed by atoms with Crippen LogP contribution in [-0.2, 0) is 4.79 Å². The molecule has 0 bridgehead atoms. The molecular weight excluding hydrogens is 219 g/mol. The van der Waals surface area contributed by atoms with Crippen molar-refractivity contribution in [2.24, 2.45) is 11.7 Å². The fourth-order valence-corrected chi connectivity index (χ4v) is 1.54. The van der Waals surface area contributed by atoms with Gasteiger partial charge in [0, 0.05) is 11.6 Å². The van der Waals surface area contributed by atoms with Gasteiger partial charge in [-0.25, -0.2) is 4.39 Å². The van der Waals surface area contributed by atoms with E-state index in [-0.39, 0.29) is 17.6 Å². The van der Waals surface area contributed by atoms with E-state index in [2.05, 4.69) is 5.32 Å². The molecule has 3 nitrogen and oxygen atoms in total. The number of hydrogen-bond donors (Lipinski definition) is 2. The number of halogens is 1. The van der Waals surface area contributed by atoms with Crippen LogP contribution in [0.1, 0.15) is 25.3 Å². The Kier molecular flexibility index (Phi) is 5.10. The molecule has 4 heteroatoms. The van der Waals surface area contributed by atoms with Crippen LogP contribution >= 0.6 is 0 Å². The monoisotopic (exact) mass is 238 g/mol. The van der Waals surface area contributed by atoms with Crippen molar-refractivity contribution in [3.8, 4) is 0 Å². The third-order valence-electron chi connectivity index (χ3n) is 2.75. The first-order valence-corrected chi connectivity index (χ1v) is 5.81. The quantitative estimate of drug-likeness (QED) is 0.827. The van der Waals surface area contributed by atoms with Gasteiger partial charge in [-0.3, -0.25) is 4.79 Å². The zero-order valence-corrected chi connectivity index (χ0v) is 10.3. The zero-order chi connectivity index (χ0) is 12.8. The molecule has 0 aliphatic heterocycles. The Bertz CT molecular complexity index is 393. The molecule has 0 spiro atoms. The van der Waals surface area contributed by atoms with E-state index in [0.717, 1.165) is 18.4 Å². The molecule has 0 fully saturated rings. The van der Waals surface area contributed by atoms with Gasteiger partial charge in [0.1, 0.15) is 5.82 Å². The van der Waals surface area contributed by atoms with Crippen molar-refractivity contribution in [3.05, 3.63) is 29.6 Å². The lowest BCUT2D eigenvalue weighted by Crippen LogP contribution is -2.21. The van der Waals surface area contributed by atoms with Crippen LogP contribution in [0.25, 0.3) is 0 Å². The van der Waals surface area contributed by atoms with Crippen molar-refractivity contribution < 1.29 is 9.18 Å². The van der Waals surface area contributed by atoms with Gasteiger partial charge in [-0.15, -0.1) is 0 Å². The first kappa shape index (κ1) is 13.6. The maximum Gasteiger partial charge on any atom is 0.227 e. The Labute approximate surface area is 101 Å². The van der Waals surface area contributed by atoms with Crippen molar-refractivity contribution in [2.45, 2.75) is 26.7 Å². The SMILES string of the molecule is Cc1ccc(F)cc1NC(=O)C(C)CCCN. The van der Waals surface area contributed by atoms with Gasteiger partial charge in [-0.1, -0.05) is 13.0 Å². The van der Waals surface area contributed by atoms with E-state index < -0.39 is 0 Å². The predicted molar refractivity (Wildman–Crippen MR) is 67.2 cm³/mol. The molecule has 1 aromatic rings. The first-order chi connectivity index (χ1) is 8.04. The topological polar surface area (TPSA) is 55.1 Å². The van der Waals surface area contributed by atoms with Gasteiger partial charge in [0.05, 0.1) is 0 Å². The molecule has 0 heterocycles. The molecule has 1 aromatic carbocycles. The maximum atomic E-state index is 13.0. The maximum absolute atomic E-state index is 13.0. The number of aryl methyl sites for hydroxylation is 1. The van der Waals surface area contributed by atoms with E-state index in [1.54, 1.807) is 6.07 Å². The number of rotatable bonds is 5. The predicted octanol–water partition coefficient (Wildman–Crippen LogP) is 2.45. The Balaban J connectivity index is 2.64. The highest BCUT2D eigenvalue weighted by molar-refractivity contribution is 5.92. The lowest BCUT2D eigenvalue weighted by molar-refractivity contribution is -0.119. The van der Waals surface area contributed by atoms with E-state index in [1.165, 1.54) is 12.1 Å². The molecule has 1 rings (SSSR count). The van der Waals surface area contributed by atoms with Crippen LogP contribution in [0, 0.1) is 18.7 Å². The number of nitrogens with one attached hydrogen (secondary N) is 1. The summed E-state index contributed by atoms with van der Waals surface area (Å²) in [4.78, 5) is 11.8. The third kappa shape index (κ3) is 4.15. The van der Waals surface area contributed by atoms with Crippen molar-refractivity contribution in [1.82, 2.24) is 0 Å². The van der Waals surface area contributed by atoms with Gasteiger partial charge >= 0.3 is 0 Å². The van der Waals surface area contributed by atoms with E-state index >= 15 is 0 Å². The third-order valence-corrected chi connectivity index (χ3v) is 2.75. The Hall–Kier alpha value is -1.42. The lowest BCUT2D eigenvalue weighted by Gasteiger charge is -2.13. The molecule has 1 unspecified atom stereocenters. The average molecular weight is 238 g/mol. The van der Waals surface area contributed by atoms with E-state index in [0.29, 0.717) is 12.2 Å². The number of benzene rings is 1. The lowest BCUT2D eigenvalue weighted by atomic mass is 10.0. The van der Waals surface area contributed by atoms with Crippen molar-refractivity contribution >= 4 is 11.6 Å². The summed E-state index contributed by atoms with van der Waals surface area (Å²) >= 11 is 0. The van der Waals surface area contributed by atoms with Gasteiger partial charge in [-0.05, 0) is 44.0 Å². The highest BCUT2D eigenvalue weighted by Crippen LogP contribution is 2.17. The van der Waals surface area contributed by atoms with Gasteiger partial charge in [0.2, 0.25) is 5.91 Å². The van der Waals surface area contributed by atoms with Crippen LogP contribution in [-0.4, -0.2) is 12.5 Å². The summed E-state index contributed by atoms with van der Waals surface area (Å²) in [5.74, 6) is -0.547. The second kappa shape index (κ2) is 6.35. The number of carbonyl (C=O) groups excluding carboxylic acids is 1. The highest BCUT2D eigenvalue weighted by atomic mass is 19.1. The minimum Gasteiger partial charge on any atom is -0.330 e. The van der Waals surface area contributed by atoms with E-state index in [4.69, 9.17) is 5.73 Å². The Morgan fingerprint density at radius 1 is 1.53 bits per heavy atom. The Morgan fingerprint density at radius 3 is 2.88 bits per heavy atom. The summed E-state index contributed by atoms with van der Waals surface area (Å²) in [5, 5.41) is 2.74. The summed E-state index contributed by atoms with van der Waals surface area (Å²) in [7, 11) is 0. The molecule has 0 aliphatic carbocycles. The fraction of sp³-hybridized carbons (Fsp3) is 0.462. The summed E-state index contributed by atoms with van der Waals surface area (Å²) in [6.45, 7) is 4.26. The molecule has 0 saturated heterocycles. The van der Waals surface area contributed by atoms with Crippen molar-refractivity contribution in [3.63, 3.8) is 0 Å². The molecular formula is C13H19FN2O. The van der Waals surface area contributed by atoms with Gasteiger partial charge < -0.3 is 11.1 Å². The summed E-state index contributed by atoms with van der Waals surface area (Å²) in [6, 6.07) is 4.36. The molecule has 3 N–H and O–H groups in total. The van der Waals surface area contributed by atoms with Crippen LogP contribution in [0.5, 0.6) is 0 Å². The highest BCUT2D eigenvalue weighted by Gasteiger charge is 2.13. The molecule has 94 valence electrons. The number of hydrogen-bond acceptors (Lipinski definition) is 2. The second-order valence-electron chi connectivity index (χ2n) is 4.28. The molecule has 1 atom stereocenters. The van der Waals surface area contributed by atoms with Crippen LogP contribution in [0.3, 0.4) is 0 Å². The number of carbonyl (C=O) groups is 1. The van der Waals surface area contributed by atoms with Gasteiger partial charge in [-0.2, -0.15) is 0 Å². The molecule has 1 amide bonds. The second-order valence-corrected chi connectivity index (χ2v) is 4.28. The minimum absolute atomic E-state index is 0.0906. The Morgan fingerprint density at radius 2 is 2.24 bits per heavy atom. The number of amides is 1. The van der Waals surface area contributed by atoms with Crippen LogP contribution in [0.15, 0.2) is 18.2 Å². The minimum atomic E-state index is -0.347. The first-order valence-electron chi connectivity index (χ1n) is 5.81. The number of nitrogens with two attached hydrogens (primary N) is 1. The summed E-state index contributed by atoms with van der Waals surface area (Å²) < 4.78 is 13.0. The normalized spacial score (nSPS) is 12.2. The standard InChI is InChI=1S/C13H19FN2O/c1-9-5-6-11(14)8-12(9)16-13(17)10(2)4-3-7-15/h5-6,8,10H,3-4,7,15H2,1-2H3,(H,16,17). The summed E-state index contributed by atoms with van der Waals surface area (Å²) in [6.07, 6.45) is 1.56. The van der Waals surface area contributed by atoms with Crippen LogP contribution in [0.4, 0.5) is 10.1 Å². The van der Waals surface area contributed by atoms with Crippen LogP contribution < -0.4 is 11.1 Å². The molecule has 0 aromatic heterocycles. The largest absolute Gasteiger partial charge is 0.330 e.